The van der Waals surface area contributed by atoms with E-state index < -0.39 is 22.0 Å². The third-order valence-electron chi connectivity index (χ3n) is 4.33. The number of carbonyl (C=O) groups excluding carboxylic acids is 2. The number of hydrogen-bond donors (Lipinski definition) is 1. The van der Waals surface area contributed by atoms with Gasteiger partial charge in [-0.05, 0) is 49.4 Å². The zero-order valence-corrected chi connectivity index (χ0v) is 17.7. The summed E-state index contributed by atoms with van der Waals surface area (Å²) in [6.07, 6.45) is -0.981. The Labute approximate surface area is 173 Å². The highest BCUT2D eigenvalue weighted by atomic mass is 32.2. The Hall–Kier alpha value is -3.31. The lowest BCUT2D eigenvalue weighted by molar-refractivity contribution is -0.127. The minimum atomic E-state index is -3.66. The first-order chi connectivity index (χ1) is 14.1. The summed E-state index contributed by atoms with van der Waals surface area (Å²) in [6.45, 7) is 2.95. The Morgan fingerprint density at radius 1 is 1.17 bits per heavy atom. The second kappa shape index (κ2) is 8.20. The summed E-state index contributed by atoms with van der Waals surface area (Å²) in [7, 11) is -0.798. The van der Waals surface area contributed by atoms with E-state index in [0.29, 0.717) is 22.3 Å². The third kappa shape index (κ3) is 4.31. The van der Waals surface area contributed by atoms with Crippen LogP contribution in [0.15, 0.2) is 47.4 Å². The first-order valence-electron chi connectivity index (χ1n) is 8.96. The molecule has 0 aliphatic carbocycles. The lowest BCUT2D eigenvalue weighted by Gasteiger charge is -2.15. The van der Waals surface area contributed by atoms with Crippen molar-refractivity contribution in [1.29, 1.82) is 0 Å². The molecule has 0 spiro atoms. The van der Waals surface area contributed by atoms with Crippen molar-refractivity contribution < 1.29 is 22.8 Å². The van der Waals surface area contributed by atoms with Gasteiger partial charge in [0, 0.05) is 25.3 Å². The Kier molecular flexibility index (Phi) is 5.85. The van der Waals surface area contributed by atoms with Crippen LogP contribution in [-0.2, 0) is 14.8 Å². The number of aromatic nitrogens is 3. The van der Waals surface area contributed by atoms with Crippen molar-refractivity contribution in [3.63, 3.8) is 0 Å². The van der Waals surface area contributed by atoms with Crippen molar-refractivity contribution >= 4 is 38.4 Å². The molecule has 0 bridgehead atoms. The topological polar surface area (TPSA) is 123 Å². The second-order valence-electron chi connectivity index (χ2n) is 6.77. The highest BCUT2D eigenvalue weighted by Crippen LogP contribution is 2.19. The van der Waals surface area contributed by atoms with Crippen LogP contribution in [0, 0.1) is 0 Å². The number of nitrogens with one attached hydrogen (secondary N) is 1. The van der Waals surface area contributed by atoms with E-state index in [1.807, 2.05) is 0 Å². The fourth-order valence-corrected chi connectivity index (χ4v) is 3.51. The zero-order valence-electron chi connectivity index (χ0n) is 16.9. The number of fused-ring (bicyclic) bond motifs is 1. The minimum Gasteiger partial charge on any atom is -0.382 e. The van der Waals surface area contributed by atoms with E-state index in [-0.39, 0.29) is 10.7 Å². The number of anilines is 1. The molecular formula is C19H21N5O5S. The van der Waals surface area contributed by atoms with Crippen molar-refractivity contribution in [2.45, 2.75) is 24.8 Å². The van der Waals surface area contributed by atoms with Crippen molar-refractivity contribution in [3.8, 4) is 0 Å². The van der Waals surface area contributed by atoms with Crippen LogP contribution >= 0.6 is 0 Å². The van der Waals surface area contributed by atoms with Gasteiger partial charge in [0.05, 0.1) is 4.90 Å². The van der Waals surface area contributed by atoms with Gasteiger partial charge in [-0.25, -0.2) is 12.7 Å². The van der Waals surface area contributed by atoms with Crippen LogP contribution < -0.4 is 10.2 Å². The quantitative estimate of drug-likeness (QED) is 0.560. The number of hydrogen-bond acceptors (Lipinski definition) is 7. The average Bonchev–Trinajstić information content (AvgIpc) is 3.10. The molecule has 1 unspecified atom stereocenters. The van der Waals surface area contributed by atoms with E-state index in [1.165, 1.54) is 46.1 Å². The highest BCUT2D eigenvalue weighted by molar-refractivity contribution is 7.89. The Morgan fingerprint density at radius 3 is 2.57 bits per heavy atom. The van der Waals surface area contributed by atoms with Crippen LogP contribution in [0.4, 0.5) is 5.69 Å². The van der Waals surface area contributed by atoms with Crippen LogP contribution in [0.3, 0.4) is 0 Å². The number of carbonyl (C=O) groups is 2. The summed E-state index contributed by atoms with van der Waals surface area (Å²) in [5, 5.41) is 10.4. The molecule has 1 atom stereocenters. The Balaban J connectivity index is 1.81. The van der Waals surface area contributed by atoms with Crippen molar-refractivity contribution in [2.75, 3.05) is 19.4 Å². The lowest BCUT2D eigenvalue weighted by atomic mass is 10.1. The number of sulfonamides is 1. The Morgan fingerprint density at radius 2 is 1.90 bits per heavy atom. The molecule has 1 amide bonds. The molecule has 0 fully saturated rings. The van der Waals surface area contributed by atoms with E-state index >= 15 is 0 Å². The van der Waals surface area contributed by atoms with Gasteiger partial charge in [-0.1, -0.05) is 17.0 Å². The van der Waals surface area contributed by atoms with E-state index in [2.05, 4.69) is 15.6 Å². The van der Waals surface area contributed by atoms with Gasteiger partial charge in [-0.15, -0.1) is 5.10 Å². The molecule has 10 nitrogen and oxygen atoms in total. The molecular weight excluding hydrogens is 410 g/mol. The molecule has 0 radical (unpaired) electrons. The van der Waals surface area contributed by atoms with Gasteiger partial charge in [0.2, 0.25) is 16.1 Å². The second-order valence-corrected chi connectivity index (χ2v) is 8.93. The van der Waals surface area contributed by atoms with Gasteiger partial charge in [0.15, 0.2) is 5.78 Å². The lowest BCUT2D eigenvalue weighted by Crippen LogP contribution is -2.35. The standard InChI is InChI=1S/C19H21N5O5S/c1-12(25)14-6-5-7-15(10-14)20-19(26)13(2)29-24-18-11-16(30(27,28)23(3)4)8-9-17(18)21-22-24/h5-11,13H,1-4H3,(H,20,26). The van der Waals surface area contributed by atoms with Crippen LogP contribution in [0.1, 0.15) is 24.2 Å². The van der Waals surface area contributed by atoms with Gasteiger partial charge >= 0.3 is 0 Å². The van der Waals surface area contributed by atoms with E-state index in [1.54, 1.807) is 24.3 Å². The minimum absolute atomic E-state index is 0.0466. The average molecular weight is 431 g/mol. The Bertz CT molecular complexity index is 1220. The largest absolute Gasteiger partial charge is 0.382 e. The maximum atomic E-state index is 12.5. The van der Waals surface area contributed by atoms with Crippen molar-refractivity contribution in [3.05, 3.63) is 48.0 Å². The molecule has 30 heavy (non-hydrogen) atoms. The fourth-order valence-electron chi connectivity index (χ4n) is 2.58. The first kappa shape index (κ1) is 21.4. The van der Waals surface area contributed by atoms with Gasteiger partial charge in [-0.3, -0.25) is 9.59 Å². The SMILES string of the molecule is CC(=O)c1cccc(NC(=O)C(C)On2nnc3ccc(S(=O)(=O)N(C)C)cc32)c1. The predicted molar refractivity (Wildman–Crippen MR) is 110 cm³/mol. The number of amides is 1. The van der Waals surface area contributed by atoms with E-state index in [4.69, 9.17) is 4.84 Å². The summed E-state index contributed by atoms with van der Waals surface area (Å²) in [6, 6.07) is 10.8. The number of nitrogens with zero attached hydrogens (tertiary/aromatic N) is 4. The molecule has 0 aliphatic rings. The van der Waals surface area contributed by atoms with Gasteiger partial charge in [-0.2, -0.15) is 0 Å². The maximum absolute atomic E-state index is 12.5. The smallest absolute Gasteiger partial charge is 0.267 e. The van der Waals surface area contributed by atoms with Gasteiger partial charge in [0.25, 0.3) is 5.91 Å². The molecule has 0 saturated heterocycles. The molecule has 1 heterocycles. The first-order valence-corrected chi connectivity index (χ1v) is 10.4. The summed E-state index contributed by atoms with van der Waals surface area (Å²) in [5.41, 5.74) is 1.63. The van der Waals surface area contributed by atoms with Crippen LogP contribution in [-0.4, -0.2) is 59.8 Å². The number of ketones is 1. The molecule has 0 aliphatic heterocycles. The van der Waals surface area contributed by atoms with Crippen LogP contribution in [0.5, 0.6) is 0 Å². The van der Waals surface area contributed by atoms with Crippen molar-refractivity contribution in [1.82, 2.24) is 19.5 Å². The summed E-state index contributed by atoms with van der Waals surface area (Å²) < 4.78 is 25.8. The van der Waals surface area contributed by atoms with E-state index in [9.17, 15) is 18.0 Å². The molecule has 2 aromatic carbocycles. The van der Waals surface area contributed by atoms with Crippen LogP contribution in [0.2, 0.25) is 0 Å². The van der Waals surface area contributed by atoms with Crippen molar-refractivity contribution in [2.24, 2.45) is 0 Å². The monoisotopic (exact) mass is 431 g/mol. The van der Waals surface area contributed by atoms with Crippen LogP contribution in [0.25, 0.3) is 11.0 Å². The molecule has 1 N–H and O–H groups in total. The number of rotatable bonds is 7. The zero-order chi connectivity index (χ0) is 22.1. The van der Waals surface area contributed by atoms with E-state index in [0.717, 1.165) is 9.15 Å². The highest BCUT2D eigenvalue weighted by Gasteiger charge is 2.21. The van der Waals surface area contributed by atoms with Gasteiger partial charge < -0.3 is 10.2 Å². The molecule has 11 heteroatoms. The van der Waals surface area contributed by atoms with Gasteiger partial charge in [0.1, 0.15) is 11.0 Å². The summed E-state index contributed by atoms with van der Waals surface area (Å²) in [5.74, 6) is -0.593. The maximum Gasteiger partial charge on any atom is 0.267 e. The molecule has 158 valence electrons. The predicted octanol–water partition coefficient (Wildman–Crippen LogP) is 1.34. The fraction of sp³-hybridized carbons (Fsp3) is 0.263. The summed E-state index contributed by atoms with van der Waals surface area (Å²) >= 11 is 0. The third-order valence-corrected chi connectivity index (χ3v) is 6.14. The molecule has 3 aromatic rings. The summed E-state index contributed by atoms with van der Waals surface area (Å²) in [4.78, 5) is 30.6. The number of Topliss-reactive ketones (excluding diaryl/α,β-unsaturated/α-hetero) is 1. The number of benzene rings is 2. The molecule has 1 aromatic heterocycles. The molecule has 3 rings (SSSR count). The normalized spacial score (nSPS) is 12.7. The molecule has 0 saturated carbocycles.